The topological polar surface area (TPSA) is 18.5 Å². The lowest BCUT2D eigenvalue weighted by atomic mass is 9.78. The second kappa shape index (κ2) is 8.69. The minimum Gasteiger partial charge on any atom is -0.488 e. The van der Waals surface area contributed by atoms with Gasteiger partial charge in [-0.25, -0.2) is 0 Å². The van der Waals surface area contributed by atoms with E-state index in [2.05, 4.69) is 13.8 Å². The molecule has 0 saturated heterocycles. The van der Waals surface area contributed by atoms with E-state index >= 15 is 0 Å². The van der Waals surface area contributed by atoms with Crippen LogP contribution in [0.25, 0.3) is 0 Å². The van der Waals surface area contributed by atoms with Crippen molar-refractivity contribution in [2.24, 2.45) is 0 Å². The summed E-state index contributed by atoms with van der Waals surface area (Å²) in [5.41, 5.74) is 1.42. The van der Waals surface area contributed by atoms with E-state index in [0.717, 1.165) is 11.1 Å². The summed E-state index contributed by atoms with van der Waals surface area (Å²) in [6.07, 6.45) is -0.0463. The highest BCUT2D eigenvalue weighted by Gasteiger charge is 2.28. The first-order chi connectivity index (χ1) is 12.4. The Morgan fingerprint density at radius 2 is 0.889 bits per heavy atom. The minimum absolute atomic E-state index is 0.0232. The largest absolute Gasteiger partial charge is 0.488 e. The van der Waals surface area contributed by atoms with E-state index in [4.69, 9.17) is 55.9 Å². The minimum atomic E-state index is -0.437. The van der Waals surface area contributed by atoms with Crippen LogP contribution in [0.3, 0.4) is 0 Å². The van der Waals surface area contributed by atoms with Gasteiger partial charge in [-0.3, -0.25) is 0 Å². The number of ether oxygens (including phenoxy) is 2. The second-order valence-corrected chi connectivity index (χ2v) is 9.13. The number of hydrogen-bond donors (Lipinski definition) is 0. The van der Waals surface area contributed by atoms with Crippen molar-refractivity contribution in [3.63, 3.8) is 0 Å². The summed E-state index contributed by atoms with van der Waals surface area (Å²) in [7, 11) is 0. The first kappa shape index (κ1) is 22.5. The molecule has 2 rings (SSSR count). The standard InChI is InChI=1S/C21H24Cl4O2/c1-11(2)26-19-15(22)7-13(8-16(19)23)21(5,6)14-9-17(24)20(18(25)10-14)27-12(3)4/h7-12H,1-6H3. The quantitative estimate of drug-likeness (QED) is 0.442. The molecule has 0 aromatic heterocycles. The van der Waals surface area contributed by atoms with Crippen LogP contribution in [0.1, 0.15) is 52.7 Å². The Morgan fingerprint density at radius 3 is 1.11 bits per heavy atom. The maximum Gasteiger partial charge on any atom is 0.156 e. The first-order valence-electron chi connectivity index (χ1n) is 8.75. The predicted molar refractivity (Wildman–Crippen MR) is 117 cm³/mol. The van der Waals surface area contributed by atoms with Gasteiger partial charge in [0.15, 0.2) is 11.5 Å². The maximum absolute atomic E-state index is 6.44. The van der Waals surface area contributed by atoms with Gasteiger partial charge in [0.05, 0.1) is 32.3 Å². The number of halogens is 4. The van der Waals surface area contributed by atoms with E-state index in [0.29, 0.717) is 31.6 Å². The van der Waals surface area contributed by atoms with Crippen molar-refractivity contribution in [1.82, 2.24) is 0 Å². The summed E-state index contributed by atoms with van der Waals surface area (Å²) in [5, 5.41) is 1.87. The summed E-state index contributed by atoms with van der Waals surface area (Å²) in [5.74, 6) is 0.981. The van der Waals surface area contributed by atoms with Gasteiger partial charge < -0.3 is 9.47 Å². The Morgan fingerprint density at radius 1 is 0.630 bits per heavy atom. The van der Waals surface area contributed by atoms with E-state index in [1.165, 1.54) is 0 Å². The summed E-state index contributed by atoms with van der Waals surface area (Å²) in [4.78, 5) is 0. The third kappa shape index (κ3) is 5.17. The fourth-order valence-electron chi connectivity index (χ4n) is 2.70. The smallest absolute Gasteiger partial charge is 0.156 e. The second-order valence-electron chi connectivity index (χ2n) is 7.50. The molecule has 0 aliphatic rings. The number of hydrogen-bond acceptors (Lipinski definition) is 2. The maximum atomic E-state index is 6.44. The van der Waals surface area contributed by atoms with E-state index in [1.54, 1.807) is 0 Å². The highest BCUT2D eigenvalue weighted by Crippen LogP contribution is 2.44. The highest BCUT2D eigenvalue weighted by atomic mass is 35.5. The lowest BCUT2D eigenvalue weighted by Crippen LogP contribution is -2.20. The molecule has 6 heteroatoms. The van der Waals surface area contributed by atoms with Gasteiger partial charge in [-0.2, -0.15) is 0 Å². The van der Waals surface area contributed by atoms with Crippen molar-refractivity contribution in [1.29, 1.82) is 0 Å². The molecule has 0 amide bonds. The van der Waals surface area contributed by atoms with Crippen LogP contribution in [0.5, 0.6) is 11.5 Å². The van der Waals surface area contributed by atoms with Crippen LogP contribution in [0.4, 0.5) is 0 Å². The molecule has 27 heavy (non-hydrogen) atoms. The van der Waals surface area contributed by atoms with E-state index in [1.807, 2.05) is 52.0 Å². The van der Waals surface area contributed by atoms with Crippen molar-refractivity contribution in [2.45, 2.75) is 59.2 Å². The molecule has 148 valence electrons. The van der Waals surface area contributed by atoms with Gasteiger partial charge in [0.25, 0.3) is 0 Å². The molecular weight excluding hydrogens is 426 g/mol. The molecule has 0 heterocycles. The van der Waals surface area contributed by atoms with Gasteiger partial charge in [-0.15, -0.1) is 0 Å². The van der Waals surface area contributed by atoms with E-state index < -0.39 is 5.41 Å². The molecule has 2 aromatic carbocycles. The molecule has 2 aromatic rings. The molecule has 0 atom stereocenters. The van der Waals surface area contributed by atoms with Gasteiger partial charge in [0, 0.05) is 5.41 Å². The zero-order valence-corrected chi connectivity index (χ0v) is 19.3. The average Bonchev–Trinajstić information content (AvgIpc) is 2.53. The molecule has 0 N–H and O–H groups in total. The van der Waals surface area contributed by atoms with Crippen molar-refractivity contribution in [3.05, 3.63) is 55.5 Å². The molecule has 0 aliphatic heterocycles. The Balaban J connectivity index is 2.50. The van der Waals surface area contributed by atoms with E-state index in [9.17, 15) is 0 Å². The molecule has 0 bridgehead atoms. The van der Waals surface area contributed by atoms with Crippen LogP contribution in [-0.4, -0.2) is 12.2 Å². The molecule has 0 fully saturated rings. The normalized spacial score (nSPS) is 12.0. The van der Waals surface area contributed by atoms with Crippen molar-refractivity contribution in [2.75, 3.05) is 0 Å². The zero-order valence-electron chi connectivity index (χ0n) is 16.3. The first-order valence-corrected chi connectivity index (χ1v) is 10.3. The molecule has 0 radical (unpaired) electrons. The van der Waals surface area contributed by atoms with Crippen LogP contribution in [0.15, 0.2) is 24.3 Å². The van der Waals surface area contributed by atoms with Gasteiger partial charge >= 0.3 is 0 Å². The summed E-state index contributed by atoms with van der Waals surface area (Å²) in [6.45, 7) is 11.8. The fraction of sp³-hybridized carbons (Fsp3) is 0.429. The highest BCUT2D eigenvalue weighted by molar-refractivity contribution is 6.38. The monoisotopic (exact) mass is 448 g/mol. The molecular formula is C21H24Cl4O2. The molecule has 0 aliphatic carbocycles. The fourth-order valence-corrected chi connectivity index (χ4v) is 3.86. The van der Waals surface area contributed by atoms with Gasteiger partial charge in [-0.05, 0) is 63.1 Å². The molecule has 0 spiro atoms. The van der Waals surface area contributed by atoms with Crippen LogP contribution in [0.2, 0.25) is 20.1 Å². The lowest BCUT2D eigenvalue weighted by Gasteiger charge is -2.28. The average molecular weight is 450 g/mol. The Bertz CT molecular complexity index is 715. The van der Waals surface area contributed by atoms with Crippen LogP contribution in [0, 0.1) is 0 Å². The third-order valence-corrected chi connectivity index (χ3v) is 5.27. The van der Waals surface area contributed by atoms with Crippen LogP contribution >= 0.6 is 46.4 Å². The molecule has 0 saturated carbocycles. The van der Waals surface area contributed by atoms with Crippen molar-refractivity contribution in [3.8, 4) is 11.5 Å². The van der Waals surface area contributed by atoms with Crippen molar-refractivity contribution < 1.29 is 9.47 Å². The van der Waals surface area contributed by atoms with E-state index in [-0.39, 0.29) is 12.2 Å². The van der Waals surface area contributed by atoms with Gasteiger partial charge in [0.1, 0.15) is 0 Å². The van der Waals surface area contributed by atoms with Gasteiger partial charge in [-0.1, -0.05) is 60.3 Å². The Kier molecular flexibility index (Phi) is 7.24. The SMILES string of the molecule is CC(C)Oc1c(Cl)cc(C(C)(C)c2cc(Cl)c(OC(C)C)c(Cl)c2)cc1Cl. The lowest BCUT2D eigenvalue weighted by molar-refractivity contribution is 0.242. The summed E-state index contributed by atoms with van der Waals surface area (Å²) in [6, 6.07) is 7.47. The third-order valence-electron chi connectivity index (χ3n) is 4.15. The van der Waals surface area contributed by atoms with Crippen LogP contribution in [-0.2, 0) is 5.41 Å². The summed E-state index contributed by atoms with van der Waals surface area (Å²) < 4.78 is 11.4. The number of rotatable bonds is 6. The molecule has 0 unspecified atom stereocenters. The Hall–Kier alpha value is -0.800. The molecule has 2 nitrogen and oxygen atoms in total. The Labute approximate surface area is 181 Å². The predicted octanol–water partition coefficient (Wildman–Crippen LogP) is 8.20. The number of benzene rings is 2. The van der Waals surface area contributed by atoms with Crippen molar-refractivity contribution >= 4 is 46.4 Å². The zero-order chi connectivity index (χ0) is 20.5. The van der Waals surface area contributed by atoms with Gasteiger partial charge in [0.2, 0.25) is 0 Å². The van der Waals surface area contributed by atoms with Crippen LogP contribution < -0.4 is 9.47 Å². The summed E-state index contributed by atoms with van der Waals surface area (Å²) >= 11 is 25.7.